The Morgan fingerprint density at radius 3 is 2.57 bits per heavy atom. The number of benzene rings is 1. The van der Waals surface area contributed by atoms with E-state index in [1.54, 1.807) is 6.08 Å². The van der Waals surface area contributed by atoms with E-state index >= 15 is 0 Å². The van der Waals surface area contributed by atoms with Crippen molar-refractivity contribution >= 4 is 23.3 Å². The van der Waals surface area contributed by atoms with Crippen molar-refractivity contribution in [3.8, 4) is 11.5 Å². The lowest BCUT2D eigenvalue weighted by atomic mass is 9.51. The van der Waals surface area contributed by atoms with E-state index in [-0.39, 0.29) is 58.7 Å². The third-order valence-corrected chi connectivity index (χ3v) is 10.7. The van der Waals surface area contributed by atoms with Crippen LogP contribution in [0.1, 0.15) is 56.3 Å². The van der Waals surface area contributed by atoms with Crippen LogP contribution in [0, 0.1) is 22.7 Å². The molecule has 1 amide bonds. The van der Waals surface area contributed by atoms with Crippen molar-refractivity contribution in [2.45, 2.75) is 88.4 Å². The van der Waals surface area contributed by atoms with Crippen molar-refractivity contribution in [1.29, 1.82) is 0 Å². The van der Waals surface area contributed by atoms with E-state index in [2.05, 4.69) is 18.3 Å². The summed E-state index contributed by atoms with van der Waals surface area (Å²) in [5.74, 6) is -2.09. The van der Waals surface area contributed by atoms with Gasteiger partial charge in [0, 0.05) is 17.8 Å². The van der Waals surface area contributed by atoms with E-state index in [1.807, 2.05) is 6.92 Å². The zero-order chi connectivity index (χ0) is 31.8. The monoisotopic (exact) mass is 617 g/mol. The molecule has 13 heteroatoms. The van der Waals surface area contributed by atoms with Crippen LogP contribution < -0.4 is 10.1 Å². The molecule has 2 saturated carbocycles. The molecule has 240 valence electrons. The molecule has 5 fully saturated rings. The Morgan fingerprint density at radius 2 is 1.89 bits per heavy atom. The smallest absolute Gasteiger partial charge is 0.341 e. The number of carbonyl (C=O) groups excluding carboxylic acids is 3. The SMILES string of the molecule is COC(=O)c1ccc(O[C@H]2O[C@@H](CO)[C@H](O)[C@@H](O)[C@@H]2O)c(NC(=O)CC[C@]2(C)C(=O)C=C[C@]34C[C@H]5C[C@H](O[C@@]5(C)C3)C42)c1O. The van der Waals surface area contributed by atoms with Crippen molar-refractivity contribution in [3.63, 3.8) is 0 Å². The van der Waals surface area contributed by atoms with Crippen molar-refractivity contribution in [3.05, 3.63) is 29.8 Å². The zero-order valence-electron chi connectivity index (χ0n) is 24.8. The van der Waals surface area contributed by atoms with Gasteiger partial charge in [-0.25, -0.2) is 4.79 Å². The zero-order valence-corrected chi connectivity index (χ0v) is 24.8. The van der Waals surface area contributed by atoms with Gasteiger partial charge in [0.05, 0.1) is 25.4 Å². The standard InChI is InChI=1S/C31H39NO12/c1-29(19(34)6-9-31-11-14-10-17(26(29)31)44-30(14,2)13-31)8-7-20(35)32-21-16(5-4-15(22(21)36)27(40)41-3)42-28-25(39)24(38)23(37)18(12-33)43-28/h4-6,9,14,17-18,23-26,28,33,36-39H,7-8,10-13H2,1-3H3,(H,32,35)/t14-,17+,18+,23+,24-,25+,26?,28+,29-,30+,31+/m1/s1. The second-order valence-electron chi connectivity index (χ2n) is 13.3. The van der Waals surface area contributed by atoms with Crippen LogP contribution in [-0.2, 0) is 23.8 Å². The minimum absolute atomic E-state index is 0.0642. The number of rotatable bonds is 8. The number of ketones is 1. The lowest BCUT2D eigenvalue weighted by Gasteiger charge is -2.55. The van der Waals surface area contributed by atoms with Crippen LogP contribution >= 0.6 is 0 Å². The summed E-state index contributed by atoms with van der Waals surface area (Å²) in [6.07, 6.45) is -1.60. The van der Waals surface area contributed by atoms with Gasteiger partial charge in [0.15, 0.2) is 11.5 Å². The van der Waals surface area contributed by atoms with E-state index in [9.17, 15) is 39.9 Å². The molecule has 6 N–H and O–H groups in total. The Labute approximate surface area is 253 Å². The highest BCUT2D eigenvalue weighted by atomic mass is 16.7. The van der Waals surface area contributed by atoms with E-state index < -0.39 is 60.4 Å². The number of aromatic hydroxyl groups is 1. The van der Waals surface area contributed by atoms with Gasteiger partial charge in [0.1, 0.15) is 41.4 Å². The number of hydrogen-bond donors (Lipinski definition) is 6. The second kappa shape index (κ2) is 10.8. The normalized spacial score (nSPS) is 41.8. The maximum atomic E-state index is 13.4. The van der Waals surface area contributed by atoms with Crippen LogP contribution in [0.15, 0.2) is 24.3 Å². The molecule has 11 atom stereocenters. The maximum Gasteiger partial charge on any atom is 0.341 e. The minimum atomic E-state index is -1.77. The summed E-state index contributed by atoms with van der Waals surface area (Å²) in [5, 5.41) is 53.8. The first-order chi connectivity index (χ1) is 20.8. The maximum absolute atomic E-state index is 13.4. The molecule has 1 aromatic rings. The average molecular weight is 618 g/mol. The number of carbonyl (C=O) groups is 3. The Bertz CT molecular complexity index is 1400. The summed E-state index contributed by atoms with van der Waals surface area (Å²) in [5.41, 5.74) is -1.82. The highest BCUT2D eigenvalue weighted by Gasteiger charge is 2.71. The van der Waals surface area contributed by atoms with Gasteiger partial charge in [-0.1, -0.05) is 13.0 Å². The summed E-state index contributed by atoms with van der Waals surface area (Å²) in [4.78, 5) is 39.1. The quantitative estimate of drug-likeness (QED) is 0.177. The molecule has 3 saturated heterocycles. The fraction of sp³-hybridized carbons (Fsp3) is 0.645. The summed E-state index contributed by atoms with van der Waals surface area (Å²) < 4.78 is 22.3. The molecule has 3 aliphatic carbocycles. The summed E-state index contributed by atoms with van der Waals surface area (Å²) in [6.45, 7) is 3.34. The molecule has 0 radical (unpaired) electrons. The topological polar surface area (TPSA) is 201 Å². The molecule has 1 aromatic carbocycles. The molecule has 0 aromatic heterocycles. The number of allylic oxidation sites excluding steroid dienone is 2. The Morgan fingerprint density at radius 1 is 1.14 bits per heavy atom. The number of methoxy groups -OCH3 is 1. The molecular formula is C31H39NO12. The highest BCUT2D eigenvalue weighted by molar-refractivity contribution is 6.01. The number of aliphatic hydroxyl groups is 4. The molecule has 6 aliphatic rings. The van der Waals surface area contributed by atoms with Crippen LogP contribution in [-0.4, -0.2) is 99.3 Å². The summed E-state index contributed by atoms with van der Waals surface area (Å²) >= 11 is 0. The van der Waals surface area contributed by atoms with Crippen molar-refractivity contribution in [2.24, 2.45) is 22.7 Å². The molecule has 4 bridgehead atoms. The van der Waals surface area contributed by atoms with Crippen molar-refractivity contribution in [2.75, 3.05) is 19.0 Å². The Hall–Kier alpha value is -3.07. The van der Waals surface area contributed by atoms with E-state index in [0.717, 1.165) is 26.4 Å². The number of ether oxygens (including phenoxy) is 4. The molecule has 1 spiro atoms. The van der Waals surface area contributed by atoms with Crippen LogP contribution in [0.2, 0.25) is 0 Å². The van der Waals surface area contributed by atoms with Gasteiger partial charge in [0.25, 0.3) is 0 Å². The van der Waals surface area contributed by atoms with Crippen molar-refractivity contribution in [1.82, 2.24) is 0 Å². The Kier molecular flexibility index (Phi) is 7.58. The van der Waals surface area contributed by atoms with Gasteiger partial charge in [-0.3, -0.25) is 9.59 Å². The molecule has 1 unspecified atom stereocenters. The van der Waals surface area contributed by atoms with Crippen LogP contribution in [0.25, 0.3) is 0 Å². The fourth-order valence-electron chi connectivity index (χ4n) is 8.57. The number of amides is 1. The molecule has 3 heterocycles. The largest absolute Gasteiger partial charge is 0.505 e. The third-order valence-electron chi connectivity index (χ3n) is 10.7. The molecule has 7 rings (SSSR count). The molecule has 13 nitrogen and oxygen atoms in total. The van der Waals surface area contributed by atoms with Crippen molar-refractivity contribution < 1.29 is 58.9 Å². The number of anilines is 1. The second-order valence-corrected chi connectivity index (χ2v) is 13.3. The van der Waals surface area contributed by atoms with E-state index in [0.29, 0.717) is 5.92 Å². The number of phenolic OH excluding ortho intramolecular Hbond substituents is 1. The van der Waals surface area contributed by atoms with Gasteiger partial charge >= 0.3 is 5.97 Å². The minimum Gasteiger partial charge on any atom is -0.505 e. The number of phenols is 1. The summed E-state index contributed by atoms with van der Waals surface area (Å²) in [6, 6.07) is 2.40. The first-order valence-corrected chi connectivity index (χ1v) is 14.9. The third kappa shape index (κ3) is 4.63. The number of nitrogens with one attached hydrogen (secondary N) is 1. The van der Waals surface area contributed by atoms with Crippen LogP contribution in [0.3, 0.4) is 0 Å². The summed E-state index contributed by atoms with van der Waals surface area (Å²) in [7, 11) is 1.12. The van der Waals surface area contributed by atoms with Gasteiger partial charge in [0.2, 0.25) is 12.2 Å². The lowest BCUT2D eigenvalue weighted by molar-refractivity contribution is -0.277. The van der Waals surface area contributed by atoms with Gasteiger partial charge in [-0.15, -0.1) is 0 Å². The first-order valence-electron chi connectivity index (χ1n) is 14.9. The van der Waals surface area contributed by atoms with E-state index in [1.165, 1.54) is 12.1 Å². The number of esters is 1. The fourth-order valence-corrected chi connectivity index (χ4v) is 8.57. The number of aliphatic hydroxyl groups excluding tert-OH is 4. The van der Waals surface area contributed by atoms with Gasteiger partial charge in [-0.2, -0.15) is 0 Å². The van der Waals surface area contributed by atoms with Crippen LogP contribution in [0.5, 0.6) is 11.5 Å². The first kappa shape index (κ1) is 30.9. The molecule has 44 heavy (non-hydrogen) atoms. The average Bonchev–Trinajstić information content (AvgIpc) is 3.36. The predicted octanol–water partition coefficient (Wildman–Crippen LogP) is 0.795. The predicted molar refractivity (Wildman–Crippen MR) is 151 cm³/mol. The van der Waals surface area contributed by atoms with Gasteiger partial charge in [-0.05, 0) is 62.1 Å². The highest BCUT2D eigenvalue weighted by Crippen LogP contribution is 2.71. The Balaban J connectivity index is 1.23. The lowest BCUT2D eigenvalue weighted by Crippen LogP contribution is -2.60. The van der Waals surface area contributed by atoms with Gasteiger partial charge < -0.3 is 49.8 Å². The molecule has 3 aliphatic heterocycles. The number of hydrogen-bond acceptors (Lipinski definition) is 12. The molecular weight excluding hydrogens is 578 g/mol. The van der Waals surface area contributed by atoms with Crippen LogP contribution in [0.4, 0.5) is 5.69 Å². The van der Waals surface area contributed by atoms with E-state index in [4.69, 9.17) is 18.9 Å².